The number of imidazole rings is 1. The molecule has 7 aromatic rings. The predicted octanol–water partition coefficient (Wildman–Crippen LogP) is 11.7. The molecule has 0 amide bonds. The van der Waals surface area contributed by atoms with Crippen LogP contribution in [0, 0.1) is 24.5 Å². The molecule has 0 saturated heterocycles. The fourth-order valence-corrected chi connectivity index (χ4v) is 10.1. The van der Waals surface area contributed by atoms with Crippen LogP contribution in [0.4, 0.5) is 0 Å². The van der Waals surface area contributed by atoms with Crippen molar-refractivity contribution in [2.75, 3.05) is 0 Å². The number of hydrogen-bond donors (Lipinski definition) is 0. The molecule has 1 radical (unpaired) electrons. The van der Waals surface area contributed by atoms with Crippen LogP contribution in [-0.2, 0) is 32.1 Å². The number of aromatic nitrogens is 4. The zero-order valence-electron chi connectivity index (χ0n) is 32.8. The van der Waals surface area contributed by atoms with E-state index in [9.17, 15) is 0 Å². The molecule has 0 bridgehead atoms. The van der Waals surface area contributed by atoms with Crippen molar-refractivity contribution in [3.63, 3.8) is 0 Å². The van der Waals surface area contributed by atoms with Crippen molar-refractivity contribution in [2.24, 2.45) is 5.41 Å². The van der Waals surface area contributed by atoms with E-state index >= 15 is 0 Å². The Labute approximate surface area is 326 Å². The number of furan rings is 1. The Morgan fingerprint density at radius 3 is 2.23 bits per heavy atom. The Bertz CT molecular complexity index is 2330. The summed E-state index contributed by atoms with van der Waals surface area (Å²) in [6, 6.07) is 31.7. The number of para-hydroxylation sites is 2. The first-order valence-corrected chi connectivity index (χ1v) is 25.5. The molecule has 0 unspecified atom stereocenters. The predicted molar refractivity (Wildman–Crippen MR) is 218 cm³/mol. The van der Waals surface area contributed by atoms with Crippen molar-refractivity contribution >= 4 is 50.8 Å². The van der Waals surface area contributed by atoms with Gasteiger partial charge in [-0.05, 0) is 51.0 Å². The van der Waals surface area contributed by atoms with Gasteiger partial charge in [0, 0.05) is 36.7 Å². The van der Waals surface area contributed by atoms with Gasteiger partial charge in [0.2, 0.25) is 5.71 Å². The summed E-state index contributed by atoms with van der Waals surface area (Å²) in [6.45, 7) is 19.9. The summed E-state index contributed by atoms with van der Waals surface area (Å²) < 4.78 is 10.2. The van der Waals surface area contributed by atoms with Crippen LogP contribution in [0.3, 0.4) is 0 Å². The summed E-state index contributed by atoms with van der Waals surface area (Å²) in [5.41, 5.74) is 10.4. The van der Waals surface area contributed by atoms with E-state index in [-0.39, 0.29) is 25.6 Å². The SMILES string of the molecule is CC(C)(C)Cc1cc(-c2[c-]cccc2)nc[c]1[Ge]([CH3])([CH3])[CH3].Cc1c[c-]c(-c2nc3ccccc3n2C(C)(C)C)c2oc3nc(C(C)C)ccc3c12.[Ir]. The molecule has 0 fully saturated rings. The van der Waals surface area contributed by atoms with Gasteiger partial charge in [-0.25, -0.2) is 4.98 Å². The summed E-state index contributed by atoms with van der Waals surface area (Å²) >= 11 is -1.90. The van der Waals surface area contributed by atoms with Crippen molar-refractivity contribution in [2.45, 2.75) is 97.5 Å². The Balaban J connectivity index is 0.000000210. The second kappa shape index (κ2) is 15.0. The van der Waals surface area contributed by atoms with Gasteiger partial charge in [-0.2, -0.15) is 0 Å². The van der Waals surface area contributed by atoms with E-state index in [0.29, 0.717) is 17.0 Å². The van der Waals surface area contributed by atoms with Gasteiger partial charge in [0.1, 0.15) is 0 Å². The second-order valence-corrected chi connectivity index (χ2v) is 27.9. The number of aryl methyl sites for hydroxylation is 1. The molecule has 0 N–H and O–H groups in total. The largest absolute Gasteiger partial charge is 0.486 e. The zero-order chi connectivity index (χ0) is 36.9. The molecule has 52 heavy (non-hydrogen) atoms. The molecule has 3 aromatic carbocycles. The molecule has 273 valence electrons. The zero-order valence-corrected chi connectivity index (χ0v) is 37.3. The van der Waals surface area contributed by atoms with Gasteiger partial charge in [-0.15, -0.1) is 17.7 Å². The van der Waals surface area contributed by atoms with Crippen LogP contribution >= 0.6 is 0 Å². The fraction of sp³-hybridized carbons (Fsp3) is 0.356. The second-order valence-electron chi connectivity index (χ2n) is 17.3. The molecule has 4 aromatic heterocycles. The molecule has 0 saturated carbocycles. The molecule has 0 aliphatic rings. The fourth-order valence-electron chi connectivity index (χ4n) is 6.83. The van der Waals surface area contributed by atoms with Crippen LogP contribution < -0.4 is 4.40 Å². The summed E-state index contributed by atoms with van der Waals surface area (Å²) in [5.74, 6) is 8.54. The van der Waals surface area contributed by atoms with Crippen molar-refractivity contribution in [3.05, 3.63) is 108 Å². The Hall–Kier alpha value is -3.58. The first-order valence-electron chi connectivity index (χ1n) is 18.1. The monoisotopic (exact) mass is 931 g/mol. The van der Waals surface area contributed by atoms with Gasteiger partial charge >= 0.3 is 132 Å². The maximum Gasteiger partial charge on any atom is 0.216 e. The van der Waals surface area contributed by atoms with Crippen LogP contribution in [0.5, 0.6) is 0 Å². The molecule has 0 atom stereocenters. The third kappa shape index (κ3) is 8.30. The van der Waals surface area contributed by atoms with Crippen molar-refractivity contribution in [1.29, 1.82) is 0 Å². The minimum Gasteiger partial charge on any atom is -0.486 e. The van der Waals surface area contributed by atoms with Gasteiger partial charge < -0.3 is 8.98 Å². The van der Waals surface area contributed by atoms with Crippen LogP contribution in [0.15, 0.2) is 83.4 Å². The van der Waals surface area contributed by atoms with Crippen molar-refractivity contribution in [1.82, 2.24) is 19.5 Å². The van der Waals surface area contributed by atoms with Crippen LogP contribution in [-0.4, -0.2) is 32.8 Å². The van der Waals surface area contributed by atoms with E-state index in [2.05, 4.69) is 145 Å². The summed E-state index contributed by atoms with van der Waals surface area (Å²) in [6.07, 6.45) is 3.24. The van der Waals surface area contributed by atoms with Gasteiger partial charge in [0.15, 0.2) is 0 Å². The number of pyridine rings is 2. The minimum atomic E-state index is -1.90. The van der Waals surface area contributed by atoms with E-state index in [0.717, 1.165) is 67.7 Å². The van der Waals surface area contributed by atoms with Crippen molar-refractivity contribution in [3.8, 4) is 22.6 Å². The van der Waals surface area contributed by atoms with Crippen LogP contribution in [0.2, 0.25) is 17.3 Å². The summed E-state index contributed by atoms with van der Waals surface area (Å²) in [5, 5.41) is 2.13. The van der Waals surface area contributed by atoms with Gasteiger partial charge in [-0.1, -0.05) is 43.9 Å². The molecule has 0 aliphatic heterocycles. The van der Waals surface area contributed by atoms with E-state index in [1.54, 1.807) is 0 Å². The molecule has 5 nitrogen and oxygen atoms in total. The summed E-state index contributed by atoms with van der Waals surface area (Å²) in [4.78, 5) is 14.5. The van der Waals surface area contributed by atoms with Crippen LogP contribution in [0.1, 0.15) is 78.1 Å². The molecular weight excluding hydrogens is 877 g/mol. The van der Waals surface area contributed by atoms with Gasteiger partial charge in [-0.3, -0.25) is 4.98 Å². The topological polar surface area (TPSA) is 56.7 Å². The number of benzene rings is 3. The Morgan fingerprint density at radius 1 is 0.885 bits per heavy atom. The van der Waals surface area contributed by atoms with Gasteiger partial charge in [0.05, 0.1) is 22.4 Å². The molecule has 4 heterocycles. The van der Waals surface area contributed by atoms with E-state index in [1.807, 2.05) is 30.3 Å². The summed E-state index contributed by atoms with van der Waals surface area (Å²) in [7, 11) is 0. The molecule has 7 rings (SSSR count). The first-order chi connectivity index (χ1) is 23.9. The number of hydrogen-bond acceptors (Lipinski definition) is 4. The maximum atomic E-state index is 6.38. The number of nitrogens with zero attached hydrogens (tertiary/aromatic N) is 4. The Kier molecular flexibility index (Phi) is 11.5. The average Bonchev–Trinajstić information content (AvgIpc) is 3.64. The number of fused-ring (bicyclic) bond motifs is 4. The standard InChI is InChI=1S/C26H26N3O.C19H26GeN.Ir/c1-15(2)19-14-13-17-22-16(3)11-12-18(23(22)30-25(17)28-19)24-27-20-9-7-8-10-21(20)29(24)26(4,5)6;1-19(2,3)13-16-12-18(15-10-8-7-9-11-15)21-14-17(16)20(4,5)6;/h7-11,13-15H,1-6H3;7-10,12,14H,13H2,1-6H3;/q2*-1;. The first kappa shape index (κ1) is 39.6. The Morgan fingerprint density at radius 2 is 1.60 bits per heavy atom. The molecular formula is C45H52GeIrN4O-2. The normalized spacial score (nSPS) is 12.3. The molecule has 0 spiro atoms. The molecule has 0 aliphatic carbocycles. The van der Waals surface area contributed by atoms with Crippen LogP contribution in [0.25, 0.3) is 55.7 Å². The van der Waals surface area contributed by atoms with E-state index in [4.69, 9.17) is 19.4 Å². The average molecular weight is 930 g/mol. The maximum absolute atomic E-state index is 6.38. The van der Waals surface area contributed by atoms with E-state index in [1.165, 1.54) is 9.96 Å². The third-order valence-electron chi connectivity index (χ3n) is 9.18. The third-order valence-corrected chi connectivity index (χ3v) is 13.5. The van der Waals surface area contributed by atoms with E-state index < -0.39 is 13.3 Å². The van der Waals surface area contributed by atoms with Gasteiger partial charge in [0.25, 0.3) is 0 Å². The smallest absolute Gasteiger partial charge is 0.216 e. The number of rotatable bonds is 5. The quantitative estimate of drug-likeness (QED) is 0.127. The van der Waals surface area contributed by atoms with Crippen molar-refractivity contribution < 1.29 is 24.5 Å². The molecule has 7 heteroatoms. The minimum absolute atomic E-state index is 0.